The summed E-state index contributed by atoms with van der Waals surface area (Å²) in [5.41, 5.74) is 1.28. The van der Waals surface area contributed by atoms with Crippen LogP contribution in [0.15, 0.2) is 17.4 Å². The van der Waals surface area contributed by atoms with Gasteiger partial charge >= 0.3 is 0 Å². The number of nitrogens with one attached hydrogen (secondary N) is 2. The van der Waals surface area contributed by atoms with Crippen molar-refractivity contribution < 1.29 is 0 Å². The summed E-state index contributed by atoms with van der Waals surface area (Å²) in [5.74, 6) is 1.98. The van der Waals surface area contributed by atoms with Crippen LogP contribution in [0.4, 0.5) is 0 Å². The van der Waals surface area contributed by atoms with Crippen molar-refractivity contribution in [2.45, 2.75) is 12.8 Å². The highest BCUT2D eigenvalue weighted by atomic mass is 32.2. The molecule has 0 fully saturated rings. The molecule has 0 aliphatic heterocycles. The molecule has 6 heteroatoms. The van der Waals surface area contributed by atoms with E-state index >= 15 is 0 Å². The van der Waals surface area contributed by atoms with Crippen LogP contribution in [-0.2, 0) is 13.5 Å². The molecule has 0 unspecified atom stereocenters. The average Bonchev–Trinajstić information content (AvgIpc) is 2.78. The molecule has 0 atom stereocenters. The molecule has 0 bridgehead atoms. The number of aliphatic imine (C=N–C) groups is 1. The summed E-state index contributed by atoms with van der Waals surface area (Å²) in [6.45, 7) is 1.87. The molecule has 0 saturated heterocycles. The number of thioether (sulfide) groups is 1. The summed E-state index contributed by atoms with van der Waals surface area (Å²) in [6, 6.07) is 0. The van der Waals surface area contributed by atoms with Gasteiger partial charge in [-0.15, -0.1) is 0 Å². The zero-order valence-electron chi connectivity index (χ0n) is 11.4. The van der Waals surface area contributed by atoms with E-state index in [1.807, 2.05) is 29.7 Å². The van der Waals surface area contributed by atoms with E-state index in [0.717, 1.165) is 37.6 Å². The van der Waals surface area contributed by atoms with Gasteiger partial charge in [0.1, 0.15) is 0 Å². The minimum absolute atomic E-state index is 0.884. The van der Waals surface area contributed by atoms with Crippen LogP contribution < -0.4 is 10.6 Å². The standard InChI is InChI=1S/C12H23N5S/c1-13-12(15-7-8-18-3)14-6-4-5-11-9-16-17(2)10-11/h9-10H,4-8H2,1-3H3,(H2,13,14,15). The molecule has 1 rings (SSSR count). The molecule has 1 aromatic rings. The monoisotopic (exact) mass is 269 g/mol. The fraction of sp³-hybridized carbons (Fsp3) is 0.667. The molecular formula is C12H23N5S. The first-order valence-corrected chi connectivity index (χ1v) is 7.56. The maximum atomic E-state index is 4.18. The van der Waals surface area contributed by atoms with Gasteiger partial charge < -0.3 is 10.6 Å². The summed E-state index contributed by atoms with van der Waals surface area (Å²) in [6.07, 6.45) is 8.21. The smallest absolute Gasteiger partial charge is 0.191 e. The highest BCUT2D eigenvalue weighted by molar-refractivity contribution is 7.98. The van der Waals surface area contributed by atoms with Gasteiger partial charge in [0.2, 0.25) is 0 Å². The van der Waals surface area contributed by atoms with Crippen molar-refractivity contribution in [2.75, 3.05) is 32.1 Å². The first-order valence-electron chi connectivity index (χ1n) is 6.17. The molecule has 0 aliphatic carbocycles. The third-order valence-electron chi connectivity index (χ3n) is 2.52. The van der Waals surface area contributed by atoms with E-state index in [0.29, 0.717) is 0 Å². The van der Waals surface area contributed by atoms with Crippen LogP contribution in [0.1, 0.15) is 12.0 Å². The molecule has 0 spiro atoms. The van der Waals surface area contributed by atoms with Crippen LogP contribution in [0, 0.1) is 0 Å². The number of guanidine groups is 1. The maximum absolute atomic E-state index is 4.18. The summed E-state index contributed by atoms with van der Waals surface area (Å²) < 4.78 is 1.84. The average molecular weight is 269 g/mol. The van der Waals surface area contributed by atoms with Crippen LogP contribution >= 0.6 is 11.8 Å². The van der Waals surface area contributed by atoms with E-state index in [1.165, 1.54) is 5.56 Å². The number of aromatic nitrogens is 2. The minimum atomic E-state index is 0.884. The summed E-state index contributed by atoms with van der Waals surface area (Å²) >= 11 is 1.83. The van der Waals surface area contributed by atoms with Gasteiger partial charge in [-0.2, -0.15) is 16.9 Å². The Bertz CT molecular complexity index is 361. The van der Waals surface area contributed by atoms with E-state index in [4.69, 9.17) is 0 Å². The summed E-state index contributed by atoms with van der Waals surface area (Å²) in [5, 5.41) is 10.7. The van der Waals surface area contributed by atoms with Crippen LogP contribution in [0.25, 0.3) is 0 Å². The van der Waals surface area contributed by atoms with Gasteiger partial charge in [-0.25, -0.2) is 0 Å². The zero-order chi connectivity index (χ0) is 13.2. The van der Waals surface area contributed by atoms with Gasteiger partial charge in [0, 0.05) is 39.1 Å². The quantitative estimate of drug-likeness (QED) is 0.438. The number of rotatable bonds is 7. The van der Waals surface area contributed by atoms with Gasteiger partial charge in [0.15, 0.2) is 5.96 Å². The highest BCUT2D eigenvalue weighted by Crippen LogP contribution is 1.99. The SMILES string of the molecule is CN=C(NCCCc1cnn(C)c1)NCCSC. The van der Waals surface area contributed by atoms with E-state index in [-0.39, 0.29) is 0 Å². The fourth-order valence-electron chi connectivity index (χ4n) is 1.59. The first-order chi connectivity index (χ1) is 8.76. The second-order valence-corrected chi connectivity index (χ2v) is 5.03. The minimum Gasteiger partial charge on any atom is -0.356 e. The van der Waals surface area contributed by atoms with Crippen molar-refractivity contribution >= 4 is 17.7 Å². The molecule has 102 valence electrons. The van der Waals surface area contributed by atoms with Gasteiger partial charge in [0.05, 0.1) is 6.20 Å². The van der Waals surface area contributed by atoms with E-state index in [1.54, 1.807) is 7.05 Å². The molecule has 0 amide bonds. The lowest BCUT2D eigenvalue weighted by molar-refractivity contribution is 0.745. The molecule has 2 N–H and O–H groups in total. The van der Waals surface area contributed by atoms with Crippen LogP contribution in [0.3, 0.4) is 0 Å². The highest BCUT2D eigenvalue weighted by Gasteiger charge is 1.98. The molecule has 0 aliphatic rings. The van der Waals surface area contributed by atoms with Crippen molar-refractivity contribution in [3.63, 3.8) is 0 Å². The van der Waals surface area contributed by atoms with Crippen molar-refractivity contribution in [3.05, 3.63) is 18.0 Å². The van der Waals surface area contributed by atoms with Crippen molar-refractivity contribution in [3.8, 4) is 0 Å². The Morgan fingerprint density at radius 1 is 1.44 bits per heavy atom. The Hall–Kier alpha value is -1.17. The number of aryl methyl sites for hydroxylation is 2. The van der Waals surface area contributed by atoms with E-state index < -0.39 is 0 Å². The van der Waals surface area contributed by atoms with Crippen molar-refractivity contribution in [2.24, 2.45) is 12.0 Å². The van der Waals surface area contributed by atoms with Gasteiger partial charge in [-0.1, -0.05) is 0 Å². The van der Waals surface area contributed by atoms with Gasteiger partial charge in [0.25, 0.3) is 0 Å². The summed E-state index contributed by atoms with van der Waals surface area (Å²) in [4.78, 5) is 4.18. The van der Waals surface area contributed by atoms with Crippen molar-refractivity contribution in [1.29, 1.82) is 0 Å². The van der Waals surface area contributed by atoms with Crippen LogP contribution in [0.2, 0.25) is 0 Å². The predicted molar refractivity (Wildman–Crippen MR) is 79.3 cm³/mol. The van der Waals surface area contributed by atoms with E-state index in [2.05, 4.69) is 33.2 Å². The lowest BCUT2D eigenvalue weighted by atomic mass is 10.2. The maximum Gasteiger partial charge on any atom is 0.191 e. The molecule has 0 saturated carbocycles. The third kappa shape index (κ3) is 5.95. The Balaban J connectivity index is 2.12. The molecular weight excluding hydrogens is 246 g/mol. The largest absolute Gasteiger partial charge is 0.356 e. The van der Waals surface area contributed by atoms with Gasteiger partial charge in [-0.05, 0) is 24.7 Å². The van der Waals surface area contributed by atoms with Crippen LogP contribution in [-0.4, -0.2) is 47.9 Å². The Kier molecular flexibility index (Phi) is 7.32. The van der Waals surface area contributed by atoms with Crippen molar-refractivity contribution in [1.82, 2.24) is 20.4 Å². The summed E-state index contributed by atoms with van der Waals surface area (Å²) in [7, 11) is 3.74. The zero-order valence-corrected chi connectivity index (χ0v) is 12.3. The number of hydrogen-bond donors (Lipinski definition) is 2. The predicted octanol–water partition coefficient (Wildman–Crippen LogP) is 0.881. The Morgan fingerprint density at radius 3 is 2.83 bits per heavy atom. The number of nitrogens with zero attached hydrogens (tertiary/aromatic N) is 3. The fourth-order valence-corrected chi connectivity index (χ4v) is 1.90. The molecule has 0 aromatic carbocycles. The molecule has 18 heavy (non-hydrogen) atoms. The topological polar surface area (TPSA) is 54.2 Å². The Morgan fingerprint density at radius 2 is 2.22 bits per heavy atom. The third-order valence-corrected chi connectivity index (χ3v) is 3.13. The molecule has 1 heterocycles. The van der Waals surface area contributed by atoms with Crippen LogP contribution in [0.5, 0.6) is 0 Å². The normalized spacial score (nSPS) is 11.6. The Labute approximate surface area is 113 Å². The molecule has 5 nitrogen and oxygen atoms in total. The molecule has 1 aromatic heterocycles. The number of hydrogen-bond acceptors (Lipinski definition) is 3. The lowest BCUT2D eigenvalue weighted by Gasteiger charge is -2.10. The molecule has 0 radical (unpaired) electrons. The van der Waals surface area contributed by atoms with E-state index in [9.17, 15) is 0 Å². The van der Waals surface area contributed by atoms with Gasteiger partial charge in [-0.3, -0.25) is 9.67 Å². The first kappa shape index (κ1) is 14.9. The second-order valence-electron chi connectivity index (χ2n) is 4.04. The lowest BCUT2D eigenvalue weighted by Crippen LogP contribution is -2.38. The second kappa shape index (κ2) is 8.85.